The summed E-state index contributed by atoms with van der Waals surface area (Å²) in [5.41, 5.74) is 1.25. The molecule has 0 saturated heterocycles. The van der Waals surface area contributed by atoms with Crippen LogP contribution in [0.5, 0.6) is 0 Å². The molecule has 0 N–H and O–H groups in total. The summed E-state index contributed by atoms with van der Waals surface area (Å²) in [5, 5.41) is 0. The number of thiophene rings is 1. The molecule has 0 radical (unpaired) electrons. The van der Waals surface area contributed by atoms with Crippen LogP contribution in [0, 0.1) is 6.92 Å². The van der Waals surface area contributed by atoms with Crippen molar-refractivity contribution in [1.82, 2.24) is 4.90 Å². The zero-order valence-corrected chi connectivity index (χ0v) is 13.4. The van der Waals surface area contributed by atoms with Crippen LogP contribution in [-0.2, 0) is 17.9 Å². The predicted octanol–water partition coefficient (Wildman–Crippen LogP) is 4.24. The molecule has 0 aliphatic heterocycles. The monoisotopic (exact) mass is 301 g/mol. The molecule has 0 unspecified atom stereocenters. The highest BCUT2D eigenvalue weighted by Crippen LogP contribution is 2.29. The second-order valence-electron chi connectivity index (χ2n) is 5.75. The minimum atomic E-state index is 0.720. The van der Waals surface area contributed by atoms with Gasteiger partial charge in [-0.15, -0.1) is 11.3 Å². The SMILES string of the molecule is Cc1ccc(CN(CCOCc2ccccc2)C2CC2)s1. The minimum absolute atomic E-state index is 0.720. The molecule has 0 atom stereocenters. The molecule has 1 aliphatic carbocycles. The zero-order chi connectivity index (χ0) is 14.5. The van der Waals surface area contributed by atoms with Crippen molar-refractivity contribution >= 4 is 11.3 Å². The van der Waals surface area contributed by atoms with E-state index in [0.29, 0.717) is 0 Å². The molecule has 1 fully saturated rings. The van der Waals surface area contributed by atoms with Gasteiger partial charge in [-0.25, -0.2) is 0 Å². The van der Waals surface area contributed by atoms with Gasteiger partial charge in [0.2, 0.25) is 0 Å². The number of benzene rings is 1. The van der Waals surface area contributed by atoms with Crippen LogP contribution in [0.4, 0.5) is 0 Å². The fourth-order valence-electron chi connectivity index (χ4n) is 2.55. The van der Waals surface area contributed by atoms with E-state index < -0.39 is 0 Å². The summed E-state index contributed by atoms with van der Waals surface area (Å²) in [4.78, 5) is 5.46. The molecule has 3 heteroatoms. The summed E-state index contributed by atoms with van der Waals surface area (Å²) in [6.45, 7) is 5.83. The second kappa shape index (κ2) is 7.21. The molecule has 2 nitrogen and oxygen atoms in total. The number of rotatable bonds is 8. The van der Waals surface area contributed by atoms with Gasteiger partial charge in [0.15, 0.2) is 0 Å². The van der Waals surface area contributed by atoms with Crippen molar-refractivity contribution in [3.63, 3.8) is 0 Å². The van der Waals surface area contributed by atoms with Gasteiger partial charge in [-0.3, -0.25) is 4.90 Å². The molecule has 0 spiro atoms. The maximum absolute atomic E-state index is 5.83. The van der Waals surface area contributed by atoms with Crippen LogP contribution in [-0.4, -0.2) is 24.1 Å². The molecule has 2 aromatic rings. The average Bonchev–Trinajstić information content (AvgIpc) is 3.27. The molecule has 1 saturated carbocycles. The molecule has 1 aromatic carbocycles. The standard InChI is InChI=1S/C18H23NOS/c1-15-7-10-18(21-15)13-19(17-8-9-17)11-12-20-14-16-5-3-2-4-6-16/h2-7,10,17H,8-9,11-14H2,1H3. The summed E-state index contributed by atoms with van der Waals surface area (Å²) >= 11 is 1.91. The molecule has 1 aliphatic rings. The third-order valence-corrected chi connectivity index (χ3v) is 4.84. The molecule has 1 aromatic heterocycles. The van der Waals surface area contributed by atoms with E-state index in [1.165, 1.54) is 28.2 Å². The number of ether oxygens (including phenoxy) is 1. The van der Waals surface area contributed by atoms with Crippen molar-refractivity contribution in [2.24, 2.45) is 0 Å². The lowest BCUT2D eigenvalue weighted by atomic mass is 10.2. The van der Waals surface area contributed by atoms with E-state index in [1.54, 1.807) is 0 Å². The third kappa shape index (κ3) is 4.67. The molecule has 0 amide bonds. The Morgan fingerprint density at radius 3 is 2.62 bits per heavy atom. The third-order valence-electron chi connectivity index (χ3n) is 3.85. The lowest BCUT2D eigenvalue weighted by Crippen LogP contribution is -2.29. The fourth-order valence-corrected chi connectivity index (χ4v) is 3.46. The highest BCUT2D eigenvalue weighted by molar-refractivity contribution is 7.11. The minimum Gasteiger partial charge on any atom is -0.375 e. The Labute approximate surface area is 131 Å². The van der Waals surface area contributed by atoms with E-state index >= 15 is 0 Å². The Morgan fingerprint density at radius 2 is 1.95 bits per heavy atom. The van der Waals surface area contributed by atoms with Crippen molar-refractivity contribution in [1.29, 1.82) is 0 Å². The lowest BCUT2D eigenvalue weighted by Gasteiger charge is -2.21. The van der Waals surface area contributed by atoms with Crippen molar-refractivity contribution in [2.45, 2.75) is 39.0 Å². The molecule has 0 bridgehead atoms. The van der Waals surface area contributed by atoms with Gasteiger partial charge >= 0.3 is 0 Å². The first-order valence-electron chi connectivity index (χ1n) is 7.72. The summed E-state index contributed by atoms with van der Waals surface area (Å²) in [6.07, 6.45) is 2.70. The summed E-state index contributed by atoms with van der Waals surface area (Å²) in [7, 11) is 0. The lowest BCUT2D eigenvalue weighted by molar-refractivity contribution is 0.0880. The Morgan fingerprint density at radius 1 is 1.14 bits per heavy atom. The fraction of sp³-hybridized carbons (Fsp3) is 0.444. The van der Waals surface area contributed by atoms with Crippen molar-refractivity contribution in [3.05, 3.63) is 57.8 Å². The number of hydrogen-bond donors (Lipinski definition) is 0. The summed E-state index contributed by atoms with van der Waals surface area (Å²) in [6, 6.07) is 15.7. The van der Waals surface area contributed by atoms with Crippen LogP contribution >= 0.6 is 11.3 Å². The van der Waals surface area contributed by atoms with E-state index in [4.69, 9.17) is 4.74 Å². The van der Waals surface area contributed by atoms with Crippen LogP contribution in [0.15, 0.2) is 42.5 Å². The van der Waals surface area contributed by atoms with Crippen molar-refractivity contribution in [2.75, 3.05) is 13.2 Å². The van der Waals surface area contributed by atoms with Gasteiger partial charge in [-0.1, -0.05) is 30.3 Å². The highest BCUT2D eigenvalue weighted by atomic mass is 32.1. The summed E-state index contributed by atoms with van der Waals surface area (Å²) < 4.78 is 5.83. The Kier molecular flexibility index (Phi) is 5.07. The van der Waals surface area contributed by atoms with E-state index in [0.717, 1.165) is 32.3 Å². The van der Waals surface area contributed by atoms with Gasteiger partial charge in [-0.2, -0.15) is 0 Å². The number of hydrogen-bond acceptors (Lipinski definition) is 3. The Hall–Kier alpha value is -1.16. The maximum atomic E-state index is 5.83. The first kappa shape index (κ1) is 14.8. The molecule has 21 heavy (non-hydrogen) atoms. The van der Waals surface area contributed by atoms with Crippen molar-refractivity contribution < 1.29 is 4.74 Å². The largest absolute Gasteiger partial charge is 0.375 e. The van der Waals surface area contributed by atoms with Crippen LogP contribution in [0.1, 0.15) is 28.2 Å². The van der Waals surface area contributed by atoms with Gasteiger partial charge < -0.3 is 4.74 Å². The van der Waals surface area contributed by atoms with Gasteiger partial charge in [0.05, 0.1) is 13.2 Å². The van der Waals surface area contributed by atoms with E-state index in [-0.39, 0.29) is 0 Å². The van der Waals surface area contributed by atoms with Gasteiger partial charge in [0, 0.05) is 28.9 Å². The molecule has 112 valence electrons. The van der Waals surface area contributed by atoms with Crippen LogP contribution in [0.2, 0.25) is 0 Å². The van der Waals surface area contributed by atoms with Crippen LogP contribution in [0.25, 0.3) is 0 Å². The molecular formula is C18H23NOS. The first-order valence-corrected chi connectivity index (χ1v) is 8.54. The smallest absolute Gasteiger partial charge is 0.0717 e. The van der Waals surface area contributed by atoms with E-state index in [1.807, 2.05) is 17.4 Å². The number of nitrogens with zero attached hydrogens (tertiary/aromatic N) is 1. The maximum Gasteiger partial charge on any atom is 0.0717 e. The first-order chi connectivity index (χ1) is 10.3. The Balaban J connectivity index is 1.43. The van der Waals surface area contributed by atoms with Gasteiger partial charge in [-0.05, 0) is 37.5 Å². The predicted molar refractivity (Wildman–Crippen MR) is 88.6 cm³/mol. The normalized spacial score (nSPS) is 14.8. The van der Waals surface area contributed by atoms with E-state index in [9.17, 15) is 0 Å². The Bertz CT molecular complexity index is 547. The summed E-state index contributed by atoms with van der Waals surface area (Å²) in [5.74, 6) is 0. The van der Waals surface area contributed by atoms with Crippen LogP contribution < -0.4 is 0 Å². The van der Waals surface area contributed by atoms with E-state index in [2.05, 4.69) is 48.2 Å². The van der Waals surface area contributed by atoms with Crippen LogP contribution in [0.3, 0.4) is 0 Å². The highest BCUT2D eigenvalue weighted by Gasteiger charge is 2.28. The van der Waals surface area contributed by atoms with Crippen molar-refractivity contribution in [3.8, 4) is 0 Å². The quantitative estimate of drug-likeness (QED) is 0.676. The van der Waals surface area contributed by atoms with Gasteiger partial charge in [0.1, 0.15) is 0 Å². The van der Waals surface area contributed by atoms with Gasteiger partial charge in [0.25, 0.3) is 0 Å². The molecule has 1 heterocycles. The molecular weight excluding hydrogens is 278 g/mol. The zero-order valence-electron chi connectivity index (χ0n) is 12.6. The second-order valence-corrected chi connectivity index (χ2v) is 7.12. The average molecular weight is 301 g/mol. The molecule has 3 rings (SSSR count). The number of aryl methyl sites for hydroxylation is 1. The topological polar surface area (TPSA) is 12.5 Å².